The summed E-state index contributed by atoms with van der Waals surface area (Å²) in [4.78, 5) is 11.0. The second-order valence-corrected chi connectivity index (χ2v) is 10.2. The first-order chi connectivity index (χ1) is 16.1. The Hall–Kier alpha value is -3.02. The summed E-state index contributed by atoms with van der Waals surface area (Å²) in [6.07, 6.45) is 3.32. The summed E-state index contributed by atoms with van der Waals surface area (Å²) in [7, 11) is -2.56. The Kier molecular flexibility index (Phi) is 6.61. The molecule has 1 unspecified atom stereocenters. The molecule has 180 valence electrons. The highest BCUT2D eigenvalue weighted by Gasteiger charge is 2.34. The summed E-state index contributed by atoms with van der Waals surface area (Å²) in [5, 5.41) is 13.1. The molecule has 1 N–H and O–H groups in total. The predicted octanol–water partition coefficient (Wildman–Crippen LogP) is 4.39. The van der Waals surface area contributed by atoms with Gasteiger partial charge >= 0.3 is 5.97 Å². The Bertz CT molecular complexity index is 1360. The van der Waals surface area contributed by atoms with Crippen molar-refractivity contribution in [2.45, 2.75) is 36.7 Å². The number of ether oxygens (including phenoxy) is 1. The highest BCUT2D eigenvalue weighted by molar-refractivity contribution is 7.89. The number of hydrogen-bond acceptors (Lipinski definition) is 5. The minimum Gasteiger partial charge on any atom is -0.480 e. The fourth-order valence-electron chi connectivity index (χ4n) is 3.97. The number of carbonyl (C=O) groups is 1. The molecule has 3 aromatic rings. The van der Waals surface area contributed by atoms with Crippen LogP contribution in [0, 0.1) is 11.6 Å². The number of hydrogen-bond donors (Lipinski definition) is 1. The van der Waals surface area contributed by atoms with Gasteiger partial charge in [0.25, 0.3) is 0 Å². The molecule has 0 spiro atoms. The molecule has 0 fully saturated rings. The predicted molar refractivity (Wildman–Crippen MR) is 118 cm³/mol. The van der Waals surface area contributed by atoms with Crippen molar-refractivity contribution >= 4 is 27.6 Å². The van der Waals surface area contributed by atoms with Crippen LogP contribution in [0.25, 0.3) is 0 Å². The molecule has 0 saturated heterocycles. The van der Waals surface area contributed by atoms with Crippen LogP contribution in [0.4, 0.5) is 8.78 Å². The lowest BCUT2D eigenvalue weighted by molar-refractivity contribution is -0.137. The third-order valence-corrected chi connectivity index (χ3v) is 7.81. The number of rotatable bonds is 7. The van der Waals surface area contributed by atoms with E-state index >= 15 is 0 Å². The maximum Gasteiger partial charge on any atom is 0.325 e. The molecule has 0 amide bonds. The molecule has 1 atom stereocenters. The highest BCUT2D eigenvalue weighted by atomic mass is 35.5. The number of carboxylic acids is 1. The van der Waals surface area contributed by atoms with Crippen LogP contribution in [0.3, 0.4) is 0 Å². The molecule has 0 bridgehead atoms. The van der Waals surface area contributed by atoms with Crippen LogP contribution in [0.2, 0.25) is 5.02 Å². The zero-order valence-electron chi connectivity index (χ0n) is 17.9. The normalized spacial score (nSPS) is 15.9. The minimum absolute atomic E-state index is 0.00341. The Balaban J connectivity index is 1.59. The fraction of sp³-hybridized carbons (Fsp3) is 0.273. The van der Waals surface area contributed by atoms with Crippen molar-refractivity contribution in [2.24, 2.45) is 0 Å². The molecule has 1 aromatic heterocycles. The molecule has 0 radical (unpaired) electrons. The van der Waals surface area contributed by atoms with Crippen molar-refractivity contribution in [2.75, 3.05) is 7.05 Å². The summed E-state index contributed by atoms with van der Waals surface area (Å²) in [5.74, 6) is -2.98. The first-order valence-corrected chi connectivity index (χ1v) is 12.1. The summed E-state index contributed by atoms with van der Waals surface area (Å²) in [6.45, 7) is -0.301. The van der Waals surface area contributed by atoms with Gasteiger partial charge in [-0.05, 0) is 49.6 Å². The van der Waals surface area contributed by atoms with Gasteiger partial charge in [-0.2, -0.15) is 9.40 Å². The Labute approximate surface area is 199 Å². The monoisotopic (exact) mass is 511 g/mol. The zero-order chi connectivity index (χ0) is 24.6. The summed E-state index contributed by atoms with van der Waals surface area (Å²) in [6, 6.07) is 6.03. The standard InChI is InChI=1S/C22H20ClF2N3O5S/c1-27(18-3-2-4-19-15(18)11-26-28(19)12-22(29)30)34(31,32)14-6-8-20(16(23)10-14)33-21-7-5-13(24)9-17(21)25/h5-11,18H,2-4,12H2,1H3,(H,29,30). The summed E-state index contributed by atoms with van der Waals surface area (Å²) < 4.78 is 61.6. The molecule has 2 aromatic carbocycles. The minimum atomic E-state index is -4.00. The van der Waals surface area contributed by atoms with E-state index in [-0.39, 0.29) is 28.0 Å². The lowest BCUT2D eigenvalue weighted by Crippen LogP contribution is -2.33. The zero-order valence-corrected chi connectivity index (χ0v) is 19.5. The number of fused-ring (bicyclic) bond motifs is 1. The number of carboxylic acid groups (broad SMARTS) is 1. The van der Waals surface area contributed by atoms with Gasteiger partial charge in [-0.1, -0.05) is 11.6 Å². The molecule has 1 aliphatic carbocycles. The lowest BCUT2D eigenvalue weighted by Gasteiger charge is -2.31. The van der Waals surface area contributed by atoms with Gasteiger partial charge < -0.3 is 9.84 Å². The molecule has 34 heavy (non-hydrogen) atoms. The van der Waals surface area contributed by atoms with Gasteiger partial charge in [-0.25, -0.2) is 17.2 Å². The number of sulfonamides is 1. The van der Waals surface area contributed by atoms with E-state index in [1.165, 1.54) is 40.4 Å². The molecule has 0 aliphatic heterocycles. The Morgan fingerprint density at radius 1 is 1.26 bits per heavy atom. The van der Waals surface area contributed by atoms with Crippen molar-refractivity contribution in [3.05, 3.63) is 70.5 Å². The first kappa shape index (κ1) is 24.1. The van der Waals surface area contributed by atoms with Crippen molar-refractivity contribution in [3.63, 3.8) is 0 Å². The Morgan fingerprint density at radius 3 is 2.68 bits per heavy atom. The molecule has 1 heterocycles. The van der Waals surface area contributed by atoms with Crippen LogP contribution in [0.1, 0.15) is 30.1 Å². The maximum atomic E-state index is 13.9. The SMILES string of the molecule is CN(C1CCCc2c1cnn2CC(=O)O)S(=O)(=O)c1ccc(Oc2ccc(F)cc2F)c(Cl)c1. The van der Waals surface area contributed by atoms with Crippen LogP contribution in [0.15, 0.2) is 47.5 Å². The number of nitrogens with zero attached hydrogens (tertiary/aromatic N) is 3. The largest absolute Gasteiger partial charge is 0.480 e. The average molecular weight is 512 g/mol. The van der Waals surface area contributed by atoms with E-state index in [4.69, 9.17) is 21.4 Å². The van der Waals surface area contributed by atoms with E-state index in [0.717, 1.165) is 12.1 Å². The van der Waals surface area contributed by atoms with Gasteiger partial charge in [-0.15, -0.1) is 0 Å². The Morgan fingerprint density at radius 2 is 2.00 bits per heavy atom. The van der Waals surface area contributed by atoms with Gasteiger partial charge in [0.15, 0.2) is 11.6 Å². The highest BCUT2D eigenvalue weighted by Crippen LogP contribution is 2.38. The van der Waals surface area contributed by atoms with Gasteiger partial charge in [-0.3, -0.25) is 9.48 Å². The van der Waals surface area contributed by atoms with Gasteiger partial charge in [0.1, 0.15) is 18.1 Å². The first-order valence-electron chi connectivity index (χ1n) is 10.2. The molecular formula is C22H20ClF2N3O5S. The van der Waals surface area contributed by atoms with Crippen LogP contribution >= 0.6 is 11.6 Å². The molecule has 12 heteroatoms. The maximum absolute atomic E-state index is 13.9. The van der Waals surface area contributed by atoms with Crippen molar-refractivity contribution in [1.29, 1.82) is 0 Å². The third-order valence-electron chi connectivity index (χ3n) is 5.65. The summed E-state index contributed by atoms with van der Waals surface area (Å²) >= 11 is 6.22. The smallest absolute Gasteiger partial charge is 0.325 e. The van der Waals surface area contributed by atoms with E-state index < -0.39 is 33.7 Å². The van der Waals surface area contributed by atoms with Crippen LogP contribution in [-0.2, 0) is 27.8 Å². The van der Waals surface area contributed by atoms with Crippen LogP contribution in [0.5, 0.6) is 11.5 Å². The van der Waals surface area contributed by atoms with E-state index in [1.807, 2.05) is 0 Å². The van der Waals surface area contributed by atoms with Gasteiger partial charge in [0, 0.05) is 24.4 Å². The number of aliphatic carboxylic acids is 1. The molecule has 1 aliphatic rings. The van der Waals surface area contributed by atoms with E-state index in [2.05, 4.69) is 5.10 Å². The number of aromatic nitrogens is 2. The second kappa shape index (κ2) is 9.32. The third kappa shape index (κ3) is 4.63. The number of benzene rings is 2. The van der Waals surface area contributed by atoms with Crippen LogP contribution < -0.4 is 4.74 Å². The van der Waals surface area contributed by atoms with E-state index in [9.17, 15) is 22.0 Å². The second-order valence-electron chi connectivity index (χ2n) is 7.80. The fourth-order valence-corrected chi connectivity index (χ4v) is 5.65. The van der Waals surface area contributed by atoms with Gasteiger partial charge in [0.2, 0.25) is 10.0 Å². The van der Waals surface area contributed by atoms with E-state index in [0.29, 0.717) is 36.6 Å². The molecule has 0 saturated carbocycles. The van der Waals surface area contributed by atoms with Gasteiger partial charge in [0.05, 0.1) is 22.2 Å². The van der Waals surface area contributed by atoms with Crippen molar-refractivity contribution in [3.8, 4) is 11.5 Å². The average Bonchev–Trinajstić information content (AvgIpc) is 3.18. The van der Waals surface area contributed by atoms with Crippen molar-refractivity contribution in [1.82, 2.24) is 14.1 Å². The molecular weight excluding hydrogens is 492 g/mol. The van der Waals surface area contributed by atoms with E-state index in [1.54, 1.807) is 0 Å². The molecule has 4 rings (SSSR count). The molecule has 8 nitrogen and oxygen atoms in total. The van der Waals surface area contributed by atoms with Crippen molar-refractivity contribution < 1.29 is 31.8 Å². The quantitative estimate of drug-likeness (QED) is 0.505. The topological polar surface area (TPSA) is 102 Å². The number of halogens is 3. The van der Waals surface area contributed by atoms with Crippen LogP contribution in [-0.4, -0.2) is 40.6 Å². The lowest BCUT2D eigenvalue weighted by atomic mass is 9.93. The summed E-state index contributed by atoms with van der Waals surface area (Å²) in [5.41, 5.74) is 1.36.